The Morgan fingerprint density at radius 3 is 2.58 bits per heavy atom. The van der Waals surface area contributed by atoms with E-state index in [9.17, 15) is 21.2 Å². The van der Waals surface area contributed by atoms with Crippen molar-refractivity contribution in [2.45, 2.75) is 43.1 Å². The van der Waals surface area contributed by atoms with E-state index in [1.165, 1.54) is 12.1 Å². The molecule has 1 saturated carbocycles. The number of halogens is 1. The molecule has 1 aromatic carbocycles. The number of rotatable bonds is 4. The maximum atomic E-state index is 13.1. The lowest BCUT2D eigenvalue weighted by Gasteiger charge is -2.36. The molecule has 2 aliphatic rings. The van der Waals surface area contributed by atoms with Gasteiger partial charge in [-0.2, -0.15) is 0 Å². The summed E-state index contributed by atoms with van der Waals surface area (Å²) in [7, 11) is -7.58. The maximum Gasteiger partial charge on any atom is 0.299 e. The lowest BCUT2D eigenvalue weighted by atomic mass is 9.97. The second kappa shape index (κ2) is 7.12. The topological polar surface area (TPSA) is 128 Å². The summed E-state index contributed by atoms with van der Waals surface area (Å²) in [5, 5.41) is 4.48. The van der Waals surface area contributed by atoms with Crippen molar-refractivity contribution in [3.63, 3.8) is 0 Å². The first kappa shape index (κ1) is 19.1. The molecular formula is C15H20FN3O5S2. The van der Waals surface area contributed by atoms with E-state index >= 15 is 0 Å². The van der Waals surface area contributed by atoms with Gasteiger partial charge in [-0.1, -0.05) is 18.6 Å². The number of sulfonamides is 2. The third-order valence-corrected chi connectivity index (χ3v) is 7.03. The number of hydrogen-bond donors (Lipinski definition) is 2. The zero-order chi connectivity index (χ0) is 18.9. The molecule has 0 radical (unpaired) electrons. The monoisotopic (exact) mass is 405 g/mol. The molecule has 3 rings (SSSR count). The number of primary sulfonamides is 1. The van der Waals surface area contributed by atoms with Crippen molar-refractivity contribution in [3.05, 3.63) is 35.6 Å². The molecule has 8 nitrogen and oxygen atoms in total. The highest BCUT2D eigenvalue weighted by Gasteiger charge is 2.42. The van der Waals surface area contributed by atoms with Gasteiger partial charge in [0.05, 0.1) is 11.8 Å². The molecule has 0 bridgehead atoms. The highest BCUT2D eigenvalue weighted by atomic mass is 32.2. The van der Waals surface area contributed by atoms with Crippen LogP contribution in [0, 0.1) is 5.82 Å². The standard InChI is InChI=1S/C15H20FN3O5S2/c16-11-7-5-10(6-8-11)12(9-25(17,20)21)18-15-19-26(22,23)14-4-2-1-3-13(14)24-15/h5-8,12-14H,1-4,9H2,(H,18,19)(H2,17,20,21)/t12?,13-,14+/m0/s1. The van der Waals surface area contributed by atoms with E-state index in [0.29, 0.717) is 18.4 Å². The molecule has 1 heterocycles. The lowest BCUT2D eigenvalue weighted by Crippen LogP contribution is -2.54. The molecule has 2 fully saturated rings. The summed E-state index contributed by atoms with van der Waals surface area (Å²) in [6.07, 6.45) is 2.23. The van der Waals surface area contributed by atoms with Crippen LogP contribution in [0.1, 0.15) is 37.3 Å². The molecule has 0 amide bonds. The molecule has 0 spiro atoms. The first-order chi connectivity index (χ1) is 12.1. The molecule has 11 heteroatoms. The van der Waals surface area contributed by atoms with E-state index in [4.69, 9.17) is 9.88 Å². The average Bonchev–Trinajstić information content (AvgIpc) is 2.53. The number of fused-ring (bicyclic) bond motifs is 1. The lowest BCUT2D eigenvalue weighted by molar-refractivity contribution is 0.131. The van der Waals surface area contributed by atoms with Gasteiger partial charge in [-0.25, -0.2) is 36.1 Å². The van der Waals surface area contributed by atoms with Crippen LogP contribution in [0.2, 0.25) is 0 Å². The van der Waals surface area contributed by atoms with E-state index < -0.39 is 49.0 Å². The van der Waals surface area contributed by atoms with Gasteiger partial charge in [0.25, 0.3) is 6.02 Å². The summed E-state index contributed by atoms with van der Waals surface area (Å²) in [6.45, 7) is 0. The van der Waals surface area contributed by atoms with Crippen LogP contribution < -0.4 is 9.86 Å². The number of benzene rings is 1. The van der Waals surface area contributed by atoms with Gasteiger partial charge in [0, 0.05) is 0 Å². The van der Waals surface area contributed by atoms with Crippen LogP contribution in [-0.2, 0) is 24.8 Å². The molecule has 1 aliphatic carbocycles. The highest BCUT2D eigenvalue weighted by molar-refractivity contribution is 7.90. The first-order valence-electron chi connectivity index (χ1n) is 8.16. The van der Waals surface area contributed by atoms with Crippen LogP contribution in [0.15, 0.2) is 29.3 Å². The summed E-state index contributed by atoms with van der Waals surface area (Å²) < 4.78 is 69.0. The SMILES string of the molecule is NS(=O)(=O)CC(N=C1NS(=O)(=O)[C@@H]2CCCC[C@@H]2O1)c1ccc(F)cc1. The van der Waals surface area contributed by atoms with Crippen LogP contribution in [0.3, 0.4) is 0 Å². The number of hydrogen-bond acceptors (Lipinski definition) is 6. The minimum Gasteiger partial charge on any atom is -0.460 e. The zero-order valence-electron chi connectivity index (χ0n) is 13.8. The molecule has 1 saturated heterocycles. The van der Waals surface area contributed by atoms with Crippen LogP contribution >= 0.6 is 0 Å². The number of aliphatic imine (C=N–C) groups is 1. The van der Waals surface area contributed by atoms with Gasteiger partial charge in [-0.15, -0.1) is 0 Å². The van der Waals surface area contributed by atoms with Crippen LogP contribution in [0.4, 0.5) is 4.39 Å². The Labute approximate surface area is 151 Å². The second-order valence-electron chi connectivity index (χ2n) is 6.46. The van der Waals surface area contributed by atoms with E-state index in [-0.39, 0.29) is 6.02 Å². The van der Waals surface area contributed by atoms with Crippen LogP contribution in [0.25, 0.3) is 0 Å². The Morgan fingerprint density at radius 1 is 1.27 bits per heavy atom. The van der Waals surface area contributed by atoms with Crippen molar-refractivity contribution >= 4 is 26.1 Å². The molecule has 1 aliphatic heterocycles. The Morgan fingerprint density at radius 2 is 1.92 bits per heavy atom. The van der Waals surface area contributed by atoms with Gasteiger partial charge < -0.3 is 4.74 Å². The fourth-order valence-electron chi connectivity index (χ4n) is 3.23. The molecule has 1 unspecified atom stereocenters. The number of nitrogens with two attached hydrogens (primary N) is 1. The molecule has 26 heavy (non-hydrogen) atoms. The Balaban J connectivity index is 1.92. The van der Waals surface area contributed by atoms with Gasteiger partial charge >= 0.3 is 0 Å². The third-order valence-electron chi connectivity index (χ3n) is 4.45. The zero-order valence-corrected chi connectivity index (χ0v) is 15.5. The summed E-state index contributed by atoms with van der Waals surface area (Å²) in [4.78, 5) is 4.13. The van der Waals surface area contributed by atoms with Gasteiger partial charge in [0.2, 0.25) is 20.0 Å². The summed E-state index contributed by atoms with van der Waals surface area (Å²) in [6, 6.07) is 3.78. The van der Waals surface area contributed by atoms with Crippen molar-refractivity contribution < 1.29 is 26.0 Å². The third kappa shape index (κ3) is 4.51. The maximum absolute atomic E-state index is 13.1. The number of nitrogens with zero attached hydrogens (tertiary/aromatic N) is 1. The predicted molar refractivity (Wildman–Crippen MR) is 93.7 cm³/mol. The van der Waals surface area contributed by atoms with Crippen LogP contribution in [0.5, 0.6) is 0 Å². The highest BCUT2D eigenvalue weighted by Crippen LogP contribution is 2.30. The smallest absolute Gasteiger partial charge is 0.299 e. The van der Waals surface area contributed by atoms with Crippen molar-refractivity contribution in [1.29, 1.82) is 0 Å². The van der Waals surface area contributed by atoms with Crippen molar-refractivity contribution in [3.8, 4) is 0 Å². The molecular weight excluding hydrogens is 385 g/mol. The van der Waals surface area contributed by atoms with E-state index in [1.807, 2.05) is 0 Å². The summed E-state index contributed by atoms with van der Waals surface area (Å²) >= 11 is 0. The van der Waals surface area contributed by atoms with E-state index in [1.54, 1.807) is 0 Å². The van der Waals surface area contributed by atoms with E-state index in [0.717, 1.165) is 25.0 Å². The van der Waals surface area contributed by atoms with Crippen LogP contribution in [-0.4, -0.2) is 40.0 Å². The largest absolute Gasteiger partial charge is 0.460 e. The number of nitrogens with one attached hydrogen (secondary N) is 1. The average molecular weight is 405 g/mol. The molecule has 1 aromatic rings. The molecule has 144 valence electrons. The normalized spacial score (nSPS) is 27.8. The first-order valence-corrected chi connectivity index (χ1v) is 11.4. The van der Waals surface area contributed by atoms with Gasteiger partial charge in [-0.05, 0) is 37.0 Å². The number of ether oxygens (including phenoxy) is 1. The van der Waals surface area contributed by atoms with E-state index in [2.05, 4.69) is 9.71 Å². The molecule has 0 aromatic heterocycles. The van der Waals surface area contributed by atoms with Crippen molar-refractivity contribution in [1.82, 2.24) is 4.72 Å². The molecule has 3 N–H and O–H groups in total. The van der Waals surface area contributed by atoms with Gasteiger partial charge in [-0.3, -0.25) is 0 Å². The number of amidine groups is 1. The summed E-state index contributed by atoms with van der Waals surface area (Å²) in [5.74, 6) is -1.06. The quantitative estimate of drug-likeness (QED) is 0.765. The van der Waals surface area contributed by atoms with Crippen molar-refractivity contribution in [2.24, 2.45) is 10.1 Å². The predicted octanol–water partition coefficient (Wildman–Crippen LogP) is 0.772. The Kier molecular flexibility index (Phi) is 5.22. The Hall–Kier alpha value is -1.72. The second-order valence-corrected chi connectivity index (χ2v) is 10.0. The van der Waals surface area contributed by atoms with Gasteiger partial charge in [0.1, 0.15) is 17.2 Å². The Bertz CT molecular complexity index is 900. The van der Waals surface area contributed by atoms with Gasteiger partial charge in [0.15, 0.2) is 0 Å². The summed E-state index contributed by atoms with van der Waals surface area (Å²) in [5.41, 5.74) is 0.376. The minimum absolute atomic E-state index is 0.258. The fourth-order valence-corrected chi connectivity index (χ4v) is 5.50. The fraction of sp³-hybridized carbons (Fsp3) is 0.533. The molecule has 3 atom stereocenters. The van der Waals surface area contributed by atoms with Crippen molar-refractivity contribution in [2.75, 3.05) is 5.75 Å². The minimum atomic E-state index is -3.92.